The first-order chi connectivity index (χ1) is 12.0. The van der Waals surface area contributed by atoms with E-state index in [-0.39, 0.29) is 17.3 Å². The van der Waals surface area contributed by atoms with Gasteiger partial charge in [-0.1, -0.05) is 24.3 Å². The number of amides is 2. The van der Waals surface area contributed by atoms with E-state index in [0.717, 1.165) is 5.56 Å². The minimum Gasteiger partial charge on any atom is -0.326 e. The molecule has 0 saturated heterocycles. The number of nitrogens with one attached hydrogen (secondary N) is 2. The third-order valence-electron chi connectivity index (χ3n) is 4.08. The lowest BCUT2D eigenvalue weighted by Crippen LogP contribution is -2.28. The minimum absolute atomic E-state index is 0.0969. The maximum absolute atomic E-state index is 12.8. The first-order valence-corrected chi connectivity index (χ1v) is 7.74. The number of aromatic nitrogens is 2. The number of anilines is 1. The summed E-state index contributed by atoms with van der Waals surface area (Å²) in [6, 6.07) is 13.9. The van der Waals surface area contributed by atoms with Crippen LogP contribution in [0.1, 0.15) is 29.3 Å². The van der Waals surface area contributed by atoms with Crippen molar-refractivity contribution in [2.45, 2.75) is 13.1 Å². The SMILES string of the molecule is CC(=O)Nc1ccc([C@H]2NC(=O)c3nc4ccccc4c(=O)n32)cc1. The molecule has 1 atom stereocenters. The van der Waals surface area contributed by atoms with E-state index in [0.29, 0.717) is 16.6 Å². The summed E-state index contributed by atoms with van der Waals surface area (Å²) in [5.74, 6) is -0.461. The molecular weight excluding hydrogens is 320 g/mol. The fraction of sp³-hybridized carbons (Fsp3) is 0.111. The Balaban J connectivity index is 1.82. The van der Waals surface area contributed by atoms with E-state index in [1.165, 1.54) is 11.5 Å². The van der Waals surface area contributed by atoms with E-state index in [1.54, 1.807) is 48.5 Å². The van der Waals surface area contributed by atoms with Crippen LogP contribution in [-0.2, 0) is 4.79 Å². The third-order valence-corrected chi connectivity index (χ3v) is 4.08. The second-order valence-electron chi connectivity index (χ2n) is 5.81. The Hall–Kier alpha value is -3.48. The zero-order valence-electron chi connectivity index (χ0n) is 13.3. The van der Waals surface area contributed by atoms with Crippen LogP contribution in [0.5, 0.6) is 0 Å². The molecule has 0 aliphatic carbocycles. The van der Waals surface area contributed by atoms with Crippen LogP contribution in [0.4, 0.5) is 5.69 Å². The lowest BCUT2D eigenvalue weighted by molar-refractivity contribution is -0.114. The third kappa shape index (κ3) is 2.46. The van der Waals surface area contributed by atoms with Gasteiger partial charge in [0.15, 0.2) is 0 Å². The van der Waals surface area contributed by atoms with E-state index >= 15 is 0 Å². The maximum Gasteiger partial charge on any atom is 0.289 e. The van der Waals surface area contributed by atoms with Gasteiger partial charge in [0.25, 0.3) is 11.5 Å². The number of hydrogen-bond donors (Lipinski definition) is 2. The number of rotatable bonds is 2. The highest BCUT2D eigenvalue weighted by atomic mass is 16.2. The van der Waals surface area contributed by atoms with Gasteiger partial charge in [-0.2, -0.15) is 0 Å². The maximum atomic E-state index is 12.8. The first-order valence-electron chi connectivity index (χ1n) is 7.74. The molecule has 0 saturated carbocycles. The highest BCUT2D eigenvalue weighted by molar-refractivity contribution is 5.95. The zero-order chi connectivity index (χ0) is 17.6. The minimum atomic E-state index is -0.626. The average molecular weight is 334 g/mol. The number of carbonyl (C=O) groups is 2. The van der Waals surface area contributed by atoms with Gasteiger partial charge in [0.05, 0.1) is 10.9 Å². The van der Waals surface area contributed by atoms with Gasteiger partial charge in [0, 0.05) is 12.6 Å². The molecule has 1 aromatic heterocycles. The van der Waals surface area contributed by atoms with Gasteiger partial charge >= 0.3 is 0 Å². The Labute approximate surface area is 142 Å². The number of para-hydroxylation sites is 1. The summed E-state index contributed by atoms with van der Waals surface area (Å²) in [7, 11) is 0. The van der Waals surface area contributed by atoms with Crippen molar-refractivity contribution in [2.24, 2.45) is 0 Å². The van der Waals surface area contributed by atoms with Gasteiger partial charge in [-0.15, -0.1) is 0 Å². The highest BCUT2D eigenvalue weighted by Gasteiger charge is 2.32. The Morgan fingerprint density at radius 2 is 1.84 bits per heavy atom. The molecule has 7 nitrogen and oxygen atoms in total. The number of hydrogen-bond acceptors (Lipinski definition) is 4. The van der Waals surface area contributed by atoms with E-state index in [2.05, 4.69) is 15.6 Å². The van der Waals surface area contributed by atoms with Gasteiger partial charge < -0.3 is 10.6 Å². The van der Waals surface area contributed by atoms with Crippen molar-refractivity contribution in [3.05, 3.63) is 70.3 Å². The summed E-state index contributed by atoms with van der Waals surface area (Å²) in [4.78, 5) is 40.5. The quantitative estimate of drug-likeness (QED) is 0.745. The predicted octanol–water partition coefficient (Wildman–Crippen LogP) is 1.65. The van der Waals surface area contributed by atoms with Gasteiger partial charge in [0.2, 0.25) is 11.7 Å². The second-order valence-corrected chi connectivity index (χ2v) is 5.81. The molecule has 0 bridgehead atoms. The van der Waals surface area contributed by atoms with E-state index < -0.39 is 12.1 Å². The normalized spacial score (nSPS) is 15.7. The van der Waals surface area contributed by atoms with Crippen LogP contribution in [0.3, 0.4) is 0 Å². The smallest absolute Gasteiger partial charge is 0.289 e. The molecule has 124 valence electrons. The Morgan fingerprint density at radius 1 is 1.12 bits per heavy atom. The Bertz CT molecular complexity index is 1070. The van der Waals surface area contributed by atoms with Crippen molar-refractivity contribution < 1.29 is 9.59 Å². The fourth-order valence-electron chi connectivity index (χ4n) is 2.98. The fourth-order valence-corrected chi connectivity index (χ4v) is 2.98. The molecular formula is C18H14N4O3. The summed E-state index contributed by atoms with van der Waals surface area (Å²) in [5.41, 5.74) is 1.59. The van der Waals surface area contributed by atoms with Crippen LogP contribution in [0.25, 0.3) is 10.9 Å². The molecule has 2 amide bonds. The Morgan fingerprint density at radius 3 is 2.56 bits per heavy atom. The monoisotopic (exact) mass is 334 g/mol. The summed E-state index contributed by atoms with van der Waals surface area (Å²) >= 11 is 0. The van der Waals surface area contributed by atoms with Gasteiger partial charge in [-0.3, -0.25) is 19.0 Å². The molecule has 1 aliphatic rings. The van der Waals surface area contributed by atoms with Crippen LogP contribution in [0.15, 0.2) is 53.3 Å². The van der Waals surface area contributed by atoms with Gasteiger partial charge in [0.1, 0.15) is 6.17 Å². The molecule has 0 unspecified atom stereocenters. The van der Waals surface area contributed by atoms with Crippen molar-refractivity contribution in [3.63, 3.8) is 0 Å². The number of benzene rings is 2. The molecule has 1 aliphatic heterocycles. The molecule has 0 fully saturated rings. The summed E-state index contributed by atoms with van der Waals surface area (Å²) in [5, 5.41) is 5.93. The highest BCUT2D eigenvalue weighted by Crippen LogP contribution is 2.24. The molecule has 2 N–H and O–H groups in total. The molecule has 4 rings (SSSR count). The van der Waals surface area contributed by atoms with E-state index in [1.807, 2.05) is 0 Å². The topological polar surface area (TPSA) is 93.1 Å². The molecule has 7 heteroatoms. The van der Waals surface area contributed by atoms with Crippen LogP contribution >= 0.6 is 0 Å². The van der Waals surface area contributed by atoms with Gasteiger partial charge in [-0.25, -0.2) is 4.98 Å². The van der Waals surface area contributed by atoms with Crippen molar-refractivity contribution in [2.75, 3.05) is 5.32 Å². The Kier molecular flexibility index (Phi) is 3.35. The molecule has 25 heavy (non-hydrogen) atoms. The van der Waals surface area contributed by atoms with Crippen molar-refractivity contribution >= 4 is 28.4 Å². The summed E-state index contributed by atoms with van der Waals surface area (Å²) in [6.07, 6.45) is -0.626. The predicted molar refractivity (Wildman–Crippen MR) is 92.4 cm³/mol. The molecule has 3 aromatic rings. The van der Waals surface area contributed by atoms with Crippen molar-refractivity contribution in [1.29, 1.82) is 0 Å². The molecule has 2 heterocycles. The average Bonchev–Trinajstić information content (AvgIpc) is 2.92. The van der Waals surface area contributed by atoms with Crippen LogP contribution in [-0.4, -0.2) is 21.4 Å². The lowest BCUT2D eigenvalue weighted by Gasteiger charge is -2.15. The number of fused-ring (bicyclic) bond motifs is 2. The standard InChI is InChI=1S/C18H14N4O3/c1-10(23)19-12-8-6-11(7-9-12)15-21-17(24)16-20-14-5-3-2-4-13(14)18(25)22(15)16/h2-9,15H,1H3,(H,19,23)(H,21,24)/t15-/m0/s1. The number of carbonyl (C=O) groups excluding carboxylic acids is 2. The van der Waals surface area contributed by atoms with Crippen LogP contribution in [0.2, 0.25) is 0 Å². The largest absolute Gasteiger partial charge is 0.326 e. The second kappa shape index (κ2) is 5.55. The van der Waals surface area contributed by atoms with Crippen molar-refractivity contribution in [3.8, 4) is 0 Å². The molecule has 0 radical (unpaired) electrons. The molecule has 2 aromatic carbocycles. The summed E-state index contributed by atoms with van der Waals surface area (Å²) < 4.78 is 1.37. The van der Waals surface area contributed by atoms with Crippen LogP contribution in [0, 0.1) is 0 Å². The van der Waals surface area contributed by atoms with Crippen LogP contribution < -0.4 is 16.2 Å². The summed E-state index contributed by atoms with van der Waals surface area (Å²) in [6.45, 7) is 1.43. The van der Waals surface area contributed by atoms with Gasteiger partial charge in [-0.05, 0) is 29.8 Å². The number of nitrogens with zero attached hydrogens (tertiary/aromatic N) is 2. The lowest BCUT2D eigenvalue weighted by atomic mass is 10.1. The van der Waals surface area contributed by atoms with E-state index in [4.69, 9.17) is 0 Å². The van der Waals surface area contributed by atoms with Crippen molar-refractivity contribution in [1.82, 2.24) is 14.9 Å². The van der Waals surface area contributed by atoms with E-state index in [9.17, 15) is 14.4 Å². The zero-order valence-corrected chi connectivity index (χ0v) is 13.3. The molecule has 0 spiro atoms. The first kappa shape index (κ1) is 15.1.